The Morgan fingerprint density at radius 1 is 1.04 bits per heavy atom. The molecule has 0 aromatic carbocycles. The summed E-state index contributed by atoms with van der Waals surface area (Å²) in [7, 11) is 1.59. The maximum absolute atomic E-state index is 11.9. The number of carbonyl (C=O) groups excluding carboxylic acids is 1. The summed E-state index contributed by atoms with van der Waals surface area (Å²) in [6.45, 7) is 4.08. The Bertz CT molecular complexity index is 673. The number of rotatable bonds is 6. The average molecular weight is 343 g/mol. The summed E-state index contributed by atoms with van der Waals surface area (Å²) >= 11 is 0. The molecule has 1 fully saturated rings. The SMILES string of the molecule is COCCNC(=O)c1cnc(N2CCN(c3ncccn3)CC2)nc1. The highest BCUT2D eigenvalue weighted by atomic mass is 16.5. The highest BCUT2D eigenvalue weighted by Crippen LogP contribution is 2.14. The van der Waals surface area contributed by atoms with Gasteiger partial charge < -0.3 is 19.9 Å². The molecule has 9 nitrogen and oxygen atoms in total. The molecule has 0 radical (unpaired) electrons. The summed E-state index contributed by atoms with van der Waals surface area (Å²) in [5.41, 5.74) is 0.441. The van der Waals surface area contributed by atoms with Crippen molar-refractivity contribution in [1.29, 1.82) is 0 Å². The maximum Gasteiger partial charge on any atom is 0.254 e. The third-order valence-electron chi connectivity index (χ3n) is 3.89. The fourth-order valence-corrected chi connectivity index (χ4v) is 2.53. The van der Waals surface area contributed by atoms with Crippen molar-refractivity contribution in [2.45, 2.75) is 0 Å². The number of nitrogens with one attached hydrogen (secondary N) is 1. The van der Waals surface area contributed by atoms with E-state index in [-0.39, 0.29) is 5.91 Å². The molecule has 25 heavy (non-hydrogen) atoms. The minimum Gasteiger partial charge on any atom is -0.383 e. The topological polar surface area (TPSA) is 96.4 Å². The van der Waals surface area contributed by atoms with Crippen LogP contribution in [0.2, 0.25) is 0 Å². The van der Waals surface area contributed by atoms with E-state index in [1.807, 2.05) is 0 Å². The molecule has 0 saturated carbocycles. The van der Waals surface area contributed by atoms with Gasteiger partial charge in [0.1, 0.15) is 0 Å². The first-order chi connectivity index (χ1) is 12.3. The molecule has 1 N–H and O–H groups in total. The number of carbonyl (C=O) groups is 1. The van der Waals surface area contributed by atoms with Crippen molar-refractivity contribution in [1.82, 2.24) is 25.3 Å². The Labute approximate surface area is 146 Å². The third-order valence-corrected chi connectivity index (χ3v) is 3.89. The molecule has 0 aliphatic carbocycles. The van der Waals surface area contributed by atoms with Crippen LogP contribution in [0.1, 0.15) is 10.4 Å². The van der Waals surface area contributed by atoms with E-state index < -0.39 is 0 Å². The molecule has 0 bridgehead atoms. The van der Waals surface area contributed by atoms with Gasteiger partial charge in [-0.05, 0) is 6.07 Å². The van der Waals surface area contributed by atoms with E-state index in [4.69, 9.17) is 4.74 Å². The number of anilines is 2. The molecule has 0 unspecified atom stereocenters. The number of hydrogen-bond donors (Lipinski definition) is 1. The number of amides is 1. The van der Waals surface area contributed by atoms with Crippen molar-refractivity contribution >= 4 is 17.8 Å². The van der Waals surface area contributed by atoms with E-state index in [0.717, 1.165) is 32.1 Å². The summed E-state index contributed by atoms with van der Waals surface area (Å²) in [6, 6.07) is 1.81. The van der Waals surface area contributed by atoms with Crippen LogP contribution in [0.4, 0.5) is 11.9 Å². The van der Waals surface area contributed by atoms with Crippen molar-refractivity contribution in [2.75, 3.05) is 56.2 Å². The van der Waals surface area contributed by atoms with Crippen molar-refractivity contribution < 1.29 is 9.53 Å². The second-order valence-corrected chi connectivity index (χ2v) is 5.54. The lowest BCUT2D eigenvalue weighted by atomic mass is 10.3. The van der Waals surface area contributed by atoms with Crippen molar-refractivity contribution in [3.63, 3.8) is 0 Å². The summed E-state index contributed by atoms with van der Waals surface area (Å²) < 4.78 is 4.90. The molecule has 9 heteroatoms. The third kappa shape index (κ3) is 4.38. The molecule has 2 aromatic heterocycles. The highest BCUT2D eigenvalue weighted by Gasteiger charge is 2.20. The Morgan fingerprint density at radius 3 is 2.16 bits per heavy atom. The lowest BCUT2D eigenvalue weighted by Crippen LogP contribution is -2.47. The fourth-order valence-electron chi connectivity index (χ4n) is 2.53. The second-order valence-electron chi connectivity index (χ2n) is 5.54. The number of piperazine rings is 1. The zero-order valence-corrected chi connectivity index (χ0v) is 14.1. The van der Waals surface area contributed by atoms with E-state index in [0.29, 0.717) is 24.7 Å². The number of methoxy groups -OCH3 is 1. The fraction of sp³-hybridized carbons (Fsp3) is 0.438. The predicted molar refractivity (Wildman–Crippen MR) is 92.7 cm³/mol. The molecule has 1 aliphatic heterocycles. The highest BCUT2D eigenvalue weighted by molar-refractivity contribution is 5.93. The van der Waals surface area contributed by atoms with E-state index in [1.165, 1.54) is 0 Å². The van der Waals surface area contributed by atoms with Gasteiger partial charge in [0.2, 0.25) is 11.9 Å². The van der Waals surface area contributed by atoms with E-state index >= 15 is 0 Å². The van der Waals surface area contributed by atoms with Crippen LogP contribution in [-0.2, 0) is 4.74 Å². The van der Waals surface area contributed by atoms with Gasteiger partial charge in [-0.3, -0.25) is 4.79 Å². The zero-order chi connectivity index (χ0) is 17.5. The van der Waals surface area contributed by atoms with E-state index in [1.54, 1.807) is 38.0 Å². The largest absolute Gasteiger partial charge is 0.383 e. The summed E-state index contributed by atoms with van der Waals surface area (Å²) in [4.78, 5) is 33.3. The van der Waals surface area contributed by atoms with Crippen LogP contribution >= 0.6 is 0 Å². The van der Waals surface area contributed by atoms with Crippen LogP contribution in [0.5, 0.6) is 0 Å². The van der Waals surface area contributed by atoms with Crippen molar-refractivity contribution in [3.05, 3.63) is 36.4 Å². The van der Waals surface area contributed by atoms with Crippen molar-refractivity contribution in [3.8, 4) is 0 Å². The Balaban J connectivity index is 1.54. The van der Waals surface area contributed by atoms with Gasteiger partial charge in [0.15, 0.2) is 0 Å². The average Bonchev–Trinajstić information content (AvgIpc) is 2.69. The van der Waals surface area contributed by atoms with Gasteiger partial charge in [-0.2, -0.15) is 0 Å². The molecule has 3 heterocycles. The van der Waals surface area contributed by atoms with Crippen LogP contribution in [-0.4, -0.2) is 72.3 Å². The van der Waals surface area contributed by atoms with Gasteiger partial charge in [-0.1, -0.05) is 0 Å². The minimum absolute atomic E-state index is 0.199. The van der Waals surface area contributed by atoms with Gasteiger partial charge >= 0.3 is 0 Å². The van der Waals surface area contributed by atoms with Gasteiger partial charge in [0.05, 0.1) is 12.2 Å². The minimum atomic E-state index is -0.199. The van der Waals surface area contributed by atoms with Crippen LogP contribution < -0.4 is 15.1 Å². The predicted octanol–water partition coefficient (Wildman–Crippen LogP) is -0.0306. The Morgan fingerprint density at radius 2 is 1.60 bits per heavy atom. The molecular weight excluding hydrogens is 322 g/mol. The zero-order valence-electron chi connectivity index (χ0n) is 14.1. The smallest absolute Gasteiger partial charge is 0.254 e. The number of ether oxygens (including phenoxy) is 1. The molecule has 3 rings (SSSR count). The molecule has 0 spiro atoms. The Hall–Kier alpha value is -2.81. The lowest BCUT2D eigenvalue weighted by molar-refractivity contribution is 0.0936. The molecule has 0 atom stereocenters. The molecule has 1 saturated heterocycles. The number of hydrogen-bond acceptors (Lipinski definition) is 8. The summed E-state index contributed by atoms with van der Waals surface area (Å²) in [5, 5.41) is 2.74. The second kappa shape index (κ2) is 8.34. The monoisotopic (exact) mass is 343 g/mol. The van der Waals surface area contributed by atoms with Crippen LogP contribution in [0.3, 0.4) is 0 Å². The molecular formula is C16H21N7O2. The first-order valence-electron chi connectivity index (χ1n) is 8.14. The van der Waals surface area contributed by atoms with Crippen LogP contribution in [0.15, 0.2) is 30.9 Å². The number of nitrogens with zero attached hydrogens (tertiary/aromatic N) is 6. The van der Waals surface area contributed by atoms with Crippen LogP contribution in [0, 0.1) is 0 Å². The van der Waals surface area contributed by atoms with Gasteiger partial charge in [-0.25, -0.2) is 19.9 Å². The van der Waals surface area contributed by atoms with Gasteiger partial charge in [-0.15, -0.1) is 0 Å². The quantitative estimate of drug-likeness (QED) is 0.731. The summed E-state index contributed by atoms with van der Waals surface area (Å²) in [6.07, 6.45) is 6.59. The summed E-state index contributed by atoms with van der Waals surface area (Å²) in [5.74, 6) is 1.17. The first-order valence-corrected chi connectivity index (χ1v) is 8.14. The first kappa shape index (κ1) is 17.0. The molecule has 132 valence electrons. The van der Waals surface area contributed by atoms with Crippen LogP contribution in [0.25, 0.3) is 0 Å². The van der Waals surface area contributed by atoms with E-state index in [9.17, 15) is 4.79 Å². The van der Waals surface area contributed by atoms with Crippen molar-refractivity contribution in [2.24, 2.45) is 0 Å². The lowest BCUT2D eigenvalue weighted by Gasteiger charge is -2.34. The van der Waals surface area contributed by atoms with Gasteiger partial charge in [0.25, 0.3) is 5.91 Å². The molecule has 2 aromatic rings. The number of aromatic nitrogens is 4. The standard InChI is InChI=1S/C16H21N7O2/c1-25-10-5-17-14(24)13-11-20-16(21-12-13)23-8-6-22(7-9-23)15-18-3-2-4-19-15/h2-4,11-12H,5-10H2,1H3,(H,17,24). The van der Waals surface area contributed by atoms with Gasteiger partial charge in [0, 0.05) is 64.6 Å². The van der Waals surface area contributed by atoms with E-state index in [2.05, 4.69) is 35.1 Å². The molecule has 1 aliphatic rings. The normalized spacial score (nSPS) is 14.4. The Kier molecular flexibility index (Phi) is 5.68. The maximum atomic E-state index is 11.9. The molecule has 1 amide bonds.